The maximum absolute atomic E-state index is 13.2. The van der Waals surface area contributed by atoms with Crippen LogP contribution in [0.15, 0.2) is 18.2 Å². The quantitative estimate of drug-likeness (QED) is 0.675. The molecule has 0 aliphatic carbocycles. The molecular formula is C11H13FN2O4S. The van der Waals surface area contributed by atoms with Gasteiger partial charge in [0.1, 0.15) is 0 Å². The highest BCUT2D eigenvalue weighted by molar-refractivity contribution is 7.91. The third kappa shape index (κ3) is 3.40. The summed E-state index contributed by atoms with van der Waals surface area (Å²) < 4.78 is 36.1. The van der Waals surface area contributed by atoms with Crippen molar-refractivity contribution in [3.05, 3.63) is 34.1 Å². The van der Waals surface area contributed by atoms with E-state index in [0.29, 0.717) is 18.5 Å². The van der Waals surface area contributed by atoms with Gasteiger partial charge in [-0.2, -0.15) is 4.39 Å². The molecule has 8 heteroatoms. The Kier molecular flexibility index (Phi) is 3.70. The van der Waals surface area contributed by atoms with E-state index in [1.807, 2.05) is 0 Å². The van der Waals surface area contributed by atoms with Crippen molar-refractivity contribution in [3.63, 3.8) is 0 Å². The third-order valence-corrected chi connectivity index (χ3v) is 4.80. The highest BCUT2D eigenvalue weighted by Crippen LogP contribution is 2.24. The Morgan fingerprint density at radius 2 is 2.16 bits per heavy atom. The van der Waals surface area contributed by atoms with Gasteiger partial charge in [0.25, 0.3) is 0 Å². The molecule has 2 rings (SSSR count). The zero-order chi connectivity index (χ0) is 14.0. The second-order valence-corrected chi connectivity index (χ2v) is 6.75. The minimum Gasteiger partial charge on any atom is -0.381 e. The van der Waals surface area contributed by atoms with E-state index >= 15 is 0 Å². The molecule has 104 valence electrons. The third-order valence-electron chi connectivity index (χ3n) is 2.98. The number of nitro benzene ring substituents is 1. The monoisotopic (exact) mass is 288 g/mol. The zero-order valence-corrected chi connectivity index (χ0v) is 10.8. The first-order chi connectivity index (χ1) is 8.87. The van der Waals surface area contributed by atoms with Gasteiger partial charge in [-0.3, -0.25) is 10.1 Å². The maximum Gasteiger partial charge on any atom is 0.306 e. The molecule has 1 unspecified atom stereocenters. The van der Waals surface area contributed by atoms with Crippen molar-refractivity contribution >= 4 is 21.2 Å². The molecule has 6 nitrogen and oxygen atoms in total. The van der Waals surface area contributed by atoms with Crippen molar-refractivity contribution < 1.29 is 17.7 Å². The lowest BCUT2D eigenvalue weighted by atomic mass is 10.1. The van der Waals surface area contributed by atoms with Gasteiger partial charge >= 0.3 is 5.69 Å². The fraction of sp³-hybridized carbons (Fsp3) is 0.455. The Balaban J connectivity index is 2.15. The molecule has 19 heavy (non-hydrogen) atoms. The fourth-order valence-electron chi connectivity index (χ4n) is 2.11. The van der Waals surface area contributed by atoms with Crippen LogP contribution >= 0.6 is 0 Å². The Bertz CT molecular complexity index is 603. The van der Waals surface area contributed by atoms with Crippen LogP contribution in [0.5, 0.6) is 0 Å². The van der Waals surface area contributed by atoms with Gasteiger partial charge in [-0.05, 0) is 25.0 Å². The molecule has 0 saturated carbocycles. The van der Waals surface area contributed by atoms with Crippen molar-refractivity contribution in [1.29, 1.82) is 0 Å². The molecule has 0 amide bonds. The van der Waals surface area contributed by atoms with E-state index in [2.05, 4.69) is 5.32 Å². The number of anilines is 1. The molecule has 1 N–H and O–H groups in total. The number of nitrogens with zero attached hydrogens (tertiary/aromatic N) is 1. The average molecular weight is 288 g/mol. The van der Waals surface area contributed by atoms with Gasteiger partial charge < -0.3 is 5.32 Å². The highest BCUT2D eigenvalue weighted by atomic mass is 32.2. The second-order valence-electron chi connectivity index (χ2n) is 4.52. The summed E-state index contributed by atoms with van der Waals surface area (Å²) in [5, 5.41) is 13.5. The van der Waals surface area contributed by atoms with Crippen LogP contribution in [-0.4, -0.2) is 30.9 Å². The lowest BCUT2D eigenvalue weighted by Crippen LogP contribution is -2.34. The number of benzene rings is 1. The van der Waals surface area contributed by atoms with E-state index < -0.39 is 26.3 Å². The predicted octanol–water partition coefficient (Wildman–Crippen LogP) is 1.72. The largest absolute Gasteiger partial charge is 0.381 e. The first kappa shape index (κ1) is 13.7. The molecule has 1 aliphatic heterocycles. The fourth-order valence-corrected chi connectivity index (χ4v) is 3.75. The molecular weight excluding hydrogens is 275 g/mol. The highest BCUT2D eigenvalue weighted by Gasteiger charge is 2.25. The molecule has 0 aromatic heterocycles. The van der Waals surface area contributed by atoms with E-state index in [1.54, 1.807) is 0 Å². The Labute approximate surface area is 109 Å². The van der Waals surface area contributed by atoms with Gasteiger partial charge in [-0.25, -0.2) is 8.42 Å². The van der Waals surface area contributed by atoms with E-state index in [0.717, 1.165) is 12.1 Å². The second kappa shape index (κ2) is 5.12. The van der Waals surface area contributed by atoms with Crippen LogP contribution in [0.4, 0.5) is 15.8 Å². The molecule has 1 fully saturated rings. The zero-order valence-electron chi connectivity index (χ0n) is 10.0. The topological polar surface area (TPSA) is 89.3 Å². The van der Waals surface area contributed by atoms with E-state index in [1.165, 1.54) is 6.07 Å². The first-order valence-electron chi connectivity index (χ1n) is 5.78. The van der Waals surface area contributed by atoms with Crippen LogP contribution in [0, 0.1) is 15.9 Å². The normalized spacial score (nSPS) is 21.8. The molecule has 1 atom stereocenters. The summed E-state index contributed by atoms with van der Waals surface area (Å²) in [4.78, 5) is 9.80. The summed E-state index contributed by atoms with van der Waals surface area (Å²) in [6.07, 6.45) is 1.23. The number of nitro groups is 1. The predicted molar refractivity (Wildman–Crippen MR) is 68.4 cm³/mol. The van der Waals surface area contributed by atoms with Gasteiger partial charge in [-0.1, -0.05) is 0 Å². The average Bonchev–Trinajstić information content (AvgIpc) is 2.30. The minimum absolute atomic E-state index is 0.00181. The van der Waals surface area contributed by atoms with E-state index in [-0.39, 0.29) is 17.5 Å². The lowest BCUT2D eigenvalue weighted by molar-refractivity contribution is -0.387. The number of hydrogen-bond donors (Lipinski definition) is 1. The van der Waals surface area contributed by atoms with Crippen molar-refractivity contribution in [2.24, 2.45) is 0 Å². The Hall–Kier alpha value is -1.70. The summed E-state index contributed by atoms with van der Waals surface area (Å²) in [6, 6.07) is 3.15. The van der Waals surface area contributed by atoms with Crippen molar-refractivity contribution in [1.82, 2.24) is 0 Å². The van der Waals surface area contributed by atoms with Crippen LogP contribution in [0.1, 0.15) is 12.8 Å². The summed E-state index contributed by atoms with van der Waals surface area (Å²) >= 11 is 0. The van der Waals surface area contributed by atoms with E-state index in [9.17, 15) is 22.9 Å². The molecule has 1 aromatic rings. The van der Waals surface area contributed by atoms with E-state index in [4.69, 9.17) is 0 Å². The number of hydrogen-bond acceptors (Lipinski definition) is 5. The van der Waals surface area contributed by atoms with Gasteiger partial charge in [-0.15, -0.1) is 0 Å². The van der Waals surface area contributed by atoms with Crippen LogP contribution in [0.25, 0.3) is 0 Å². The van der Waals surface area contributed by atoms with Crippen LogP contribution in [0.3, 0.4) is 0 Å². The minimum atomic E-state index is -3.06. The van der Waals surface area contributed by atoms with Crippen LogP contribution in [-0.2, 0) is 9.84 Å². The van der Waals surface area contributed by atoms with Gasteiger partial charge in [0.15, 0.2) is 9.84 Å². The van der Waals surface area contributed by atoms with Crippen LogP contribution < -0.4 is 5.32 Å². The molecule has 1 heterocycles. The standard InChI is InChI=1S/C11H13FN2O4S/c12-10-4-3-8(6-11(10)14(15)16)13-9-2-1-5-19(17,18)7-9/h3-4,6,9,13H,1-2,5,7H2. The number of rotatable bonds is 3. The molecule has 1 aromatic carbocycles. The Morgan fingerprint density at radius 3 is 2.79 bits per heavy atom. The number of sulfone groups is 1. The molecule has 1 aliphatic rings. The van der Waals surface area contributed by atoms with Crippen LogP contribution in [0.2, 0.25) is 0 Å². The Morgan fingerprint density at radius 1 is 1.42 bits per heavy atom. The molecule has 0 spiro atoms. The van der Waals surface area contributed by atoms with Gasteiger partial charge in [0.2, 0.25) is 5.82 Å². The summed E-state index contributed by atoms with van der Waals surface area (Å²) in [7, 11) is -3.06. The summed E-state index contributed by atoms with van der Waals surface area (Å²) in [6.45, 7) is 0. The summed E-state index contributed by atoms with van der Waals surface area (Å²) in [5.74, 6) is -0.737. The molecule has 1 saturated heterocycles. The maximum atomic E-state index is 13.2. The number of nitrogens with one attached hydrogen (secondary N) is 1. The van der Waals surface area contributed by atoms with Gasteiger partial charge in [0, 0.05) is 17.8 Å². The SMILES string of the molecule is O=[N+]([O-])c1cc(NC2CCCS(=O)(=O)C2)ccc1F. The smallest absolute Gasteiger partial charge is 0.306 e. The number of halogens is 1. The summed E-state index contributed by atoms with van der Waals surface area (Å²) in [5.41, 5.74) is -0.265. The van der Waals surface area contributed by atoms with Crippen molar-refractivity contribution in [2.45, 2.75) is 18.9 Å². The molecule has 0 bridgehead atoms. The lowest BCUT2D eigenvalue weighted by Gasteiger charge is -2.23. The first-order valence-corrected chi connectivity index (χ1v) is 7.60. The van der Waals surface area contributed by atoms with Crippen molar-refractivity contribution in [3.8, 4) is 0 Å². The molecule has 0 radical (unpaired) electrons. The van der Waals surface area contributed by atoms with Gasteiger partial charge in [0.05, 0.1) is 16.4 Å². The van der Waals surface area contributed by atoms with Crippen molar-refractivity contribution in [2.75, 3.05) is 16.8 Å².